The lowest BCUT2D eigenvalue weighted by Crippen LogP contribution is -2.58. The number of thiocarbonyl (C=S) groups is 1. The molecule has 3 aromatic carbocycles. The number of carbonyl (C=O) groups excluding carboxylic acids is 4. The van der Waals surface area contributed by atoms with Crippen LogP contribution >= 0.6 is 23.6 Å². The van der Waals surface area contributed by atoms with E-state index in [1.807, 2.05) is 52.0 Å². The van der Waals surface area contributed by atoms with Gasteiger partial charge in [-0.2, -0.15) is 13.2 Å². The lowest BCUT2D eigenvalue weighted by molar-refractivity contribution is -0.144. The van der Waals surface area contributed by atoms with Crippen molar-refractivity contribution in [3.05, 3.63) is 100 Å². The summed E-state index contributed by atoms with van der Waals surface area (Å²) in [5.41, 5.74) is 1.55. The van der Waals surface area contributed by atoms with Crippen LogP contribution in [0.2, 0.25) is 0 Å². The molecule has 0 saturated carbocycles. The first-order chi connectivity index (χ1) is 34.1. The van der Waals surface area contributed by atoms with Gasteiger partial charge in [0.25, 0.3) is 5.91 Å². The fourth-order valence-corrected chi connectivity index (χ4v) is 9.80. The zero-order valence-corrected chi connectivity index (χ0v) is 43.0. The van der Waals surface area contributed by atoms with Crippen LogP contribution in [0.3, 0.4) is 0 Å². The predicted octanol–water partition coefficient (Wildman–Crippen LogP) is 8.78. The Labute approximate surface area is 427 Å². The molecule has 0 radical (unpaired) electrons. The van der Waals surface area contributed by atoms with Crippen molar-refractivity contribution in [1.29, 1.82) is 0 Å². The molecule has 1 aromatic heterocycles. The molecule has 2 fully saturated rings. The number of nitrogens with zero attached hydrogens (tertiary/aromatic N) is 5. The largest absolute Gasteiger partial charge is 0.494 e. The number of rotatable bonds is 22. The van der Waals surface area contributed by atoms with Gasteiger partial charge in [0.2, 0.25) is 17.7 Å². The summed E-state index contributed by atoms with van der Waals surface area (Å²) in [5.74, 6) is -1.19. The number of amides is 4. The van der Waals surface area contributed by atoms with Gasteiger partial charge in [0.15, 0.2) is 10.8 Å². The van der Waals surface area contributed by atoms with Crippen LogP contribution in [-0.2, 0) is 41.4 Å². The highest BCUT2D eigenvalue weighted by atomic mass is 32.1. The number of ether oxygens (including phenoxy) is 3. The van der Waals surface area contributed by atoms with Crippen LogP contribution in [0.1, 0.15) is 90.0 Å². The van der Waals surface area contributed by atoms with E-state index in [0.29, 0.717) is 44.3 Å². The van der Waals surface area contributed by atoms with Gasteiger partial charge in [0.05, 0.1) is 40.9 Å². The molecule has 3 heterocycles. The van der Waals surface area contributed by atoms with Crippen molar-refractivity contribution in [1.82, 2.24) is 20.5 Å². The number of aliphatic hydroxyl groups is 1. The van der Waals surface area contributed by atoms with Crippen molar-refractivity contribution in [3.8, 4) is 16.2 Å². The molecule has 4 amide bonds. The SMILES string of the molecule is [C-]#[N+]c1ccc(N2C(=O)C(C)(C)N(c3ccc(OCCCCCOCCCCOCC(=O)N[C@H](C(=O)N4C[C@H](O)C[C@H]4C(=O)NCc4ccc(-c5scnc5C)cc4)C(C)(C)C)cc3)C2=S)cc1C(F)(F)F. The van der Waals surface area contributed by atoms with E-state index >= 15 is 0 Å². The molecule has 6 rings (SSSR count). The Hall–Kier alpha value is -5.98. The van der Waals surface area contributed by atoms with Gasteiger partial charge in [0.1, 0.15) is 30.0 Å². The summed E-state index contributed by atoms with van der Waals surface area (Å²) >= 11 is 7.19. The Morgan fingerprint density at radius 1 is 0.944 bits per heavy atom. The average molecular weight is 1030 g/mol. The summed E-state index contributed by atoms with van der Waals surface area (Å²) in [4.78, 5) is 66.3. The number of benzene rings is 3. The topological polar surface area (TPSA) is 167 Å². The summed E-state index contributed by atoms with van der Waals surface area (Å²) in [6.45, 7) is 19.7. The van der Waals surface area contributed by atoms with E-state index in [1.165, 1.54) is 11.0 Å². The molecule has 2 aliphatic rings. The molecular weight excluding hydrogens is 972 g/mol. The van der Waals surface area contributed by atoms with Crippen molar-refractivity contribution < 1.29 is 51.7 Å². The van der Waals surface area contributed by atoms with Crippen LogP contribution in [-0.4, -0.2) is 107 Å². The molecule has 2 aliphatic heterocycles. The zero-order chi connectivity index (χ0) is 52.4. The monoisotopic (exact) mass is 1030 g/mol. The van der Waals surface area contributed by atoms with Gasteiger partial charge in [-0.25, -0.2) is 9.83 Å². The average Bonchev–Trinajstić information content (AvgIpc) is 4.00. The number of nitrogens with one attached hydrogen (secondary N) is 2. The highest BCUT2D eigenvalue weighted by Gasteiger charge is 2.51. The zero-order valence-electron chi connectivity index (χ0n) is 41.3. The molecule has 4 aromatic rings. The van der Waals surface area contributed by atoms with Crippen molar-refractivity contribution in [2.24, 2.45) is 5.41 Å². The summed E-state index contributed by atoms with van der Waals surface area (Å²) < 4.78 is 58.5. The molecule has 72 heavy (non-hydrogen) atoms. The Balaban J connectivity index is 0.836. The van der Waals surface area contributed by atoms with Crippen molar-refractivity contribution >= 4 is 69.4 Å². The van der Waals surface area contributed by atoms with E-state index in [9.17, 15) is 37.5 Å². The van der Waals surface area contributed by atoms with E-state index in [4.69, 9.17) is 33.0 Å². The summed E-state index contributed by atoms with van der Waals surface area (Å²) in [6, 6.07) is 16.0. The second kappa shape index (κ2) is 24.2. The van der Waals surface area contributed by atoms with Crippen LogP contribution in [0.25, 0.3) is 15.3 Å². The molecule has 0 aliphatic carbocycles. The third kappa shape index (κ3) is 13.7. The molecule has 0 unspecified atom stereocenters. The molecule has 0 spiro atoms. The molecule has 2 saturated heterocycles. The van der Waals surface area contributed by atoms with Crippen LogP contribution in [0, 0.1) is 18.9 Å². The first kappa shape index (κ1) is 55.3. The fourth-order valence-electron chi connectivity index (χ4n) is 8.47. The lowest BCUT2D eigenvalue weighted by Gasteiger charge is -2.35. The molecular formula is C52H62F3N7O8S2. The predicted molar refractivity (Wildman–Crippen MR) is 273 cm³/mol. The second-order valence-corrected chi connectivity index (χ2v) is 20.6. The number of carbonyl (C=O) groups is 4. The van der Waals surface area contributed by atoms with E-state index in [1.54, 1.807) is 59.9 Å². The number of anilines is 2. The molecule has 0 bridgehead atoms. The Morgan fingerprint density at radius 3 is 2.21 bits per heavy atom. The summed E-state index contributed by atoms with van der Waals surface area (Å²) in [5, 5.41) is 16.3. The smallest absolute Gasteiger partial charge is 0.407 e. The number of thiazole rings is 1. The number of aryl methyl sites for hydroxylation is 1. The minimum atomic E-state index is -4.79. The van der Waals surface area contributed by atoms with Gasteiger partial charge in [-0.15, -0.1) is 11.3 Å². The maximum absolute atomic E-state index is 13.9. The van der Waals surface area contributed by atoms with Crippen LogP contribution in [0.15, 0.2) is 72.2 Å². The van der Waals surface area contributed by atoms with Gasteiger partial charge in [-0.1, -0.05) is 51.1 Å². The number of unbranched alkanes of at least 4 members (excludes halogenated alkanes) is 3. The Bertz CT molecular complexity index is 2600. The number of hydrogen-bond acceptors (Lipinski definition) is 11. The van der Waals surface area contributed by atoms with Gasteiger partial charge in [-0.05, 0) is 118 Å². The molecule has 386 valence electrons. The van der Waals surface area contributed by atoms with Gasteiger partial charge in [-0.3, -0.25) is 24.1 Å². The first-order valence-corrected chi connectivity index (χ1v) is 25.1. The quantitative estimate of drug-likeness (QED) is 0.0391. The molecule has 20 heteroatoms. The maximum atomic E-state index is 13.9. The highest BCUT2D eigenvalue weighted by Crippen LogP contribution is 2.42. The van der Waals surface area contributed by atoms with Gasteiger partial charge >= 0.3 is 6.18 Å². The normalized spacial score (nSPS) is 17.3. The van der Waals surface area contributed by atoms with Crippen molar-refractivity contribution in [2.45, 2.75) is 117 Å². The van der Waals surface area contributed by atoms with Crippen LogP contribution < -0.4 is 25.2 Å². The minimum absolute atomic E-state index is 0.0108. The van der Waals surface area contributed by atoms with E-state index in [-0.39, 0.29) is 42.8 Å². The van der Waals surface area contributed by atoms with Gasteiger partial charge < -0.3 is 39.8 Å². The first-order valence-electron chi connectivity index (χ1n) is 23.8. The van der Waals surface area contributed by atoms with Gasteiger partial charge in [0, 0.05) is 50.7 Å². The number of likely N-dealkylation sites (tertiary alicyclic amines) is 1. The standard InChI is InChI=1S/C52H62F3N7O8S2/c1-33-44(72-32-58-33)35-15-13-34(14-16-35)29-57-46(65)42-28-38(63)30-60(42)47(66)45(50(2,3)4)59-43(64)31-69-25-12-11-24-68-23-9-8-10-26-70-39-20-17-36(18-21-39)62-49(71)61(48(67)51(62,5)6)37-19-22-41(56-7)40(27-37)52(53,54)55/h13-22,27,32,38,42,45,63H,8-12,23-26,28-31H2,1-6H3,(H,57,65)(H,59,64)/t38-,42+,45-/m1/s1. The number of β-amino-alcohol motifs (C(OH)–C–C–N with tert-alkyl or cyclic N) is 1. The molecule has 3 atom stereocenters. The third-order valence-corrected chi connectivity index (χ3v) is 13.7. The van der Waals surface area contributed by atoms with Crippen LogP contribution in [0.4, 0.5) is 30.2 Å². The Kier molecular flexibility index (Phi) is 18.6. The molecule has 15 nitrogen and oxygen atoms in total. The van der Waals surface area contributed by atoms with E-state index < -0.39 is 64.3 Å². The second-order valence-electron chi connectivity index (χ2n) is 19.3. The van der Waals surface area contributed by atoms with Crippen molar-refractivity contribution in [3.63, 3.8) is 0 Å². The number of aromatic nitrogens is 1. The fraction of sp³-hybridized carbons (Fsp3) is 0.481. The van der Waals surface area contributed by atoms with Crippen molar-refractivity contribution in [2.75, 3.05) is 49.4 Å². The number of aliphatic hydroxyl groups excluding tert-OH is 1. The summed E-state index contributed by atoms with van der Waals surface area (Å²) in [7, 11) is 0. The number of alkyl halides is 3. The van der Waals surface area contributed by atoms with E-state index in [2.05, 4.69) is 20.5 Å². The van der Waals surface area contributed by atoms with Crippen LogP contribution in [0.5, 0.6) is 5.75 Å². The summed E-state index contributed by atoms with van der Waals surface area (Å²) in [6.07, 6.45) is -1.71. The minimum Gasteiger partial charge on any atom is -0.494 e. The number of hydrogen-bond donors (Lipinski definition) is 3. The van der Waals surface area contributed by atoms with E-state index in [0.717, 1.165) is 64.4 Å². The highest BCUT2D eigenvalue weighted by molar-refractivity contribution is 7.81. The Morgan fingerprint density at radius 2 is 1.58 bits per heavy atom. The third-order valence-electron chi connectivity index (χ3n) is 12.4. The number of halogens is 3. The lowest BCUT2D eigenvalue weighted by atomic mass is 9.85. The molecule has 3 N–H and O–H groups in total. The maximum Gasteiger partial charge on any atom is 0.407 e.